The smallest absolute Gasteiger partial charge is 0.240 e. The van der Waals surface area contributed by atoms with Crippen molar-refractivity contribution in [1.82, 2.24) is 4.72 Å². The second-order valence-corrected chi connectivity index (χ2v) is 5.82. The van der Waals surface area contributed by atoms with E-state index in [1.807, 2.05) is 6.92 Å². The van der Waals surface area contributed by atoms with E-state index < -0.39 is 10.0 Å². The summed E-state index contributed by atoms with van der Waals surface area (Å²) in [6.07, 6.45) is 0.898. The van der Waals surface area contributed by atoms with Crippen LogP contribution in [-0.2, 0) is 14.8 Å². The summed E-state index contributed by atoms with van der Waals surface area (Å²) in [5.74, 6) is 0.650. The first-order valence-electron chi connectivity index (χ1n) is 6.51. The summed E-state index contributed by atoms with van der Waals surface area (Å²) in [7, 11) is -3.53. The van der Waals surface area contributed by atoms with Gasteiger partial charge in [-0.2, -0.15) is 0 Å². The maximum atomic E-state index is 11.9. The van der Waals surface area contributed by atoms with Crippen molar-refractivity contribution in [1.29, 1.82) is 0 Å². The Bertz CT molecular complexity index is 472. The minimum absolute atomic E-state index is 0.0774. The lowest BCUT2D eigenvalue weighted by Gasteiger charge is -2.08. The van der Waals surface area contributed by atoms with Crippen LogP contribution < -0.4 is 9.46 Å². The maximum absolute atomic E-state index is 11.9. The van der Waals surface area contributed by atoms with E-state index in [0.717, 1.165) is 6.42 Å². The summed E-state index contributed by atoms with van der Waals surface area (Å²) in [5, 5.41) is 8.52. The van der Waals surface area contributed by atoms with Gasteiger partial charge in [0.25, 0.3) is 0 Å². The highest BCUT2D eigenvalue weighted by Gasteiger charge is 2.13. The molecule has 7 heteroatoms. The van der Waals surface area contributed by atoms with Crippen LogP contribution in [0.25, 0.3) is 0 Å². The van der Waals surface area contributed by atoms with Crippen molar-refractivity contribution in [3.63, 3.8) is 0 Å². The van der Waals surface area contributed by atoms with E-state index in [-0.39, 0.29) is 31.3 Å². The topological polar surface area (TPSA) is 84.9 Å². The number of aliphatic hydroxyl groups is 1. The molecule has 0 spiro atoms. The predicted molar refractivity (Wildman–Crippen MR) is 75.3 cm³/mol. The Kier molecular flexibility index (Phi) is 7.53. The maximum Gasteiger partial charge on any atom is 0.240 e. The zero-order chi connectivity index (χ0) is 14.8. The highest BCUT2D eigenvalue weighted by atomic mass is 32.2. The van der Waals surface area contributed by atoms with Crippen molar-refractivity contribution in [3.8, 4) is 5.75 Å². The second kappa shape index (κ2) is 8.91. The molecular weight excluding hydrogens is 282 g/mol. The van der Waals surface area contributed by atoms with Crippen LogP contribution in [0.4, 0.5) is 0 Å². The largest absolute Gasteiger partial charge is 0.494 e. The third-order valence-electron chi connectivity index (χ3n) is 2.38. The Morgan fingerprint density at radius 3 is 2.45 bits per heavy atom. The van der Waals surface area contributed by atoms with Crippen LogP contribution in [0.1, 0.15) is 13.3 Å². The number of aliphatic hydroxyl groups excluding tert-OH is 1. The number of hydrogen-bond donors (Lipinski definition) is 2. The van der Waals surface area contributed by atoms with Crippen LogP contribution in [0.3, 0.4) is 0 Å². The van der Waals surface area contributed by atoms with Gasteiger partial charge in [-0.25, -0.2) is 13.1 Å². The van der Waals surface area contributed by atoms with E-state index in [1.165, 1.54) is 12.1 Å². The number of benzene rings is 1. The van der Waals surface area contributed by atoms with Gasteiger partial charge in [0, 0.05) is 6.54 Å². The lowest BCUT2D eigenvalue weighted by Crippen LogP contribution is -2.27. The van der Waals surface area contributed by atoms with Crippen LogP contribution in [0.15, 0.2) is 29.2 Å². The SMILES string of the molecule is CCCOc1ccc(S(=O)(=O)NCCOCCO)cc1. The van der Waals surface area contributed by atoms with Gasteiger partial charge >= 0.3 is 0 Å². The molecule has 6 nitrogen and oxygen atoms in total. The average Bonchev–Trinajstić information content (AvgIpc) is 2.45. The summed E-state index contributed by atoms with van der Waals surface area (Å²) in [5.41, 5.74) is 0. The number of sulfonamides is 1. The van der Waals surface area contributed by atoms with Crippen molar-refractivity contribution in [3.05, 3.63) is 24.3 Å². The molecule has 0 saturated carbocycles. The Labute approximate surface area is 119 Å². The normalized spacial score (nSPS) is 11.5. The van der Waals surface area contributed by atoms with Crippen molar-refractivity contribution >= 4 is 10.0 Å². The van der Waals surface area contributed by atoms with E-state index in [4.69, 9.17) is 14.6 Å². The van der Waals surface area contributed by atoms with E-state index >= 15 is 0 Å². The van der Waals surface area contributed by atoms with Gasteiger partial charge in [0.15, 0.2) is 0 Å². The third kappa shape index (κ3) is 5.87. The van der Waals surface area contributed by atoms with Gasteiger partial charge in [-0.1, -0.05) is 6.92 Å². The van der Waals surface area contributed by atoms with Crippen LogP contribution >= 0.6 is 0 Å². The first kappa shape index (κ1) is 16.9. The highest BCUT2D eigenvalue weighted by Crippen LogP contribution is 2.15. The molecule has 0 radical (unpaired) electrons. The standard InChI is InChI=1S/C13H21NO5S/c1-2-9-19-12-3-5-13(6-4-12)20(16,17)14-7-10-18-11-8-15/h3-6,14-15H,2,7-11H2,1H3. The number of ether oxygens (including phenoxy) is 2. The molecule has 0 fully saturated rings. The van der Waals surface area contributed by atoms with Crippen LogP contribution in [-0.4, -0.2) is 46.5 Å². The molecule has 0 aliphatic carbocycles. The van der Waals surface area contributed by atoms with Gasteiger partial charge in [-0.15, -0.1) is 0 Å². The lowest BCUT2D eigenvalue weighted by atomic mass is 10.3. The summed E-state index contributed by atoms with van der Waals surface area (Å²) in [4.78, 5) is 0.184. The van der Waals surface area contributed by atoms with E-state index in [2.05, 4.69) is 4.72 Å². The average molecular weight is 303 g/mol. The van der Waals surface area contributed by atoms with E-state index in [9.17, 15) is 8.42 Å². The molecular formula is C13H21NO5S. The number of rotatable bonds is 10. The molecule has 0 unspecified atom stereocenters. The fraction of sp³-hybridized carbons (Fsp3) is 0.538. The molecule has 0 aromatic heterocycles. The zero-order valence-electron chi connectivity index (χ0n) is 11.5. The molecule has 0 saturated heterocycles. The molecule has 20 heavy (non-hydrogen) atoms. The molecule has 1 aromatic rings. The summed E-state index contributed by atoms with van der Waals surface area (Å²) in [6.45, 7) is 3.11. The van der Waals surface area contributed by atoms with Gasteiger partial charge in [0.05, 0.1) is 31.3 Å². The zero-order valence-corrected chi connectivity index (χ0v) is 12.4. The van der Waals surface area contributed by atoms with Crippen molar-refractivity contribution in [2.24, 2.45) is 0 Å². The summed E-state index contributed by atoms with van der Waals surface area (Å²) < 4.78 is 36.7. The van der Waals surface area contributed by atoms with Crippen molar-refractivity contribution in [2.75, 3.05) is 33.0 Å². The minimum Gasteiger partial charge on any atom is -0.494 e. The first-order valence-corrected chi connectivity index (χ1v) is 7.99. The molecule has 1 aromatic carbocycles. The van der Waals surface area contributed by atoms with Crippen LogP contribution in [0, 0.1) is 0 Å². The molecule has 0 aliphatic rings. The van der Waals surface area contributed by atoms with Gasteiger partial charge in [-0.3, -0.25) is 0 Å². The number of nitrogens with one attached hydrogen (secondary N) is 1. The molecule has 0 amide bonds. The third-order valence-corrected chi connectivity index (χ3v) is 3.86. The quantitative estimate of drug-likeness (QED) is 0.623. The van der Waals surface area contributed by atoms with Crippen molar-refractivity contribution < 1.29 is 23.0 Å². The Morgan fingerprint density at radius 2 is 1.85 bits per heavy atom. The Morgan fingerprint density at radius 1 is 1.15 bits per heavy atom. The van der Waals surface area contributed by atoms with Gasteiger partial charge < -0.3 is 14.6 Å². The molecule has 0 atom stereocenters. The lowest BCUT2D eigenvalue weighted by molar-refractivity contribution is 0.0961. The van der Waals surface area contributed by atoms with Gasteiger partial charge in [0.2, 0.25) is 10.0 Å². The predicted octanol–water partition coefficient (Wildman–Crippen LogP) is 0.763. The van der Waals surface area contributed by atoms with Crippen LogP contribution in [0.2, 0.25) is 0 Å². The highest BCUT2D eigenvalue weighted by molar-refractivity contribution is 7.89. The van der Waals surface area contributed by atoms with Gasteiger partial charge in [0.1, 0.15) is 5.75 Å². The van der Waals surface area contributed by atoms with E-state index in [0.29, 0.717) is 12.4 Å². The fourth-order valence-corrected chi connectivity index (χ4v) is 2.45. The molecule has 0 aliphatic heterocycles. The van der Waals surface area contributed by atoms with E-state index in [1.54, 1.807) is 12.1 Å². The fourth-order valence-electron chi connectivity index (χ4n) is 1.43. The molecule has 114 valence electrons. The van der Waals surface area contributed by atoms with Crippen molar-refractivity contribution in [2.45, 2.75) is 18.2 Å². The van der Waals surface area contributed by atoms with Crippen LogP contribution in [0.5, 0.6) is 5.75 Å². The summed E-state index contributed by atoms with van der Waals surface area (Å²) in [6, 6.07) is 6.27. The summed E-state index contributed by atoms with van der Waals surface area (Å²) >= 11 is 0. The molecule has 0 heterocycles. The first-order chi connectivity index (χ1) is 9.60. The minimum atomic E-state index is -3.53. The number of hydrogen-bond acceptors (Lipinski definition) is 5. The Hall–Kier alpha value is -1.15. The Balaban J connectivity index is 2.50. The van der Waals surface area contributed by atoms with Gasteiger partial charge in [-0.05, 0) is 30.7 Å². The molecule has 0 bridgehead atoms. The molecule has 2 N–H and O–H groups in total. The second-order valence-electron chi connectivity index (χ2n) is 4.05. The monoisotopic (exact) mass is 303 g/mol. The molecule has 1 rings (SSSR count).